The topological polar surface area (TPSA) is 57.2 Å². The highest BCUT2D eigenvalue weighted by Gasteiger charge is 2.68. The molecule has 26 heavy (non-hydrogen) atoms. The van der Waals surface area contributed by atoms with E-state index < -0.39 is 29.4 Å². The van der Waals surface area contributed by atoms with E-state index in [0.29, 0.717) is 25.9 Å². The van der Waals surface area contributed by atoms with Gasteiger partial charge in [0.25, 0.3) is 0 Å². The van der Waals surface area contributed by atoms with Gasteiger partial charge in [-0.2, -0.15) is 0 Å². The van der Waals surface area contributed by atoms with Crippen LogP contribution in [0.4, 0.5) is 0 Å². The molecule has 0 spiro atoms. The van der Waals surface area contributed by atoms with Crippen molar-refractivity contribution in [3.63, 3.8) is 0 Å². The number of hydrogen-bond donors (Lipinski definition) is 1. The summed E-state index contributed by atoms with van der Waals surface area (Å²) in [6.45, 7) is 6.22. The van der Waals surface area contributed by atoms with Crippen molar-refractivity contribution in [2.75, 3.05) is 0 Å². The molecule has 4 atom stereocenters. The minimum Gasteiger partial charge on any atom is -0.386 e. The SMILES string of the molecule is CC[C@@]1(C2(O)CC=CC2)O[C@@H]2OC(C)(C)O[C@H]2C1OCc1ccccc1. The summed E-state index contributed by atoms with van der Waals surface area (Å²) < 4.78 is 24.8. The van der Waals surface area contributed by atoms with Crippen LogP contribution in [0.2, 0.25) is 0 Å². The van der Waals surface area contributed by atoms with Crippen molar-refractivity contribution in [3.05, 3.63) is 48.0 Å². The fourth-order valence-electron chi connectivity index (χ4n) is 4.56. The highest BCUT2D eigenvalue weighted by atomic mass is 16.8. The third-order valence-electron chi connectivity index (χ3n) is 5.84. The maximum atomic E-state index is 11.4. The van der Waals surface area contributed by atoms with Gasteiger partial charge in [0.1, 0.15) is 23.4 Å². The lowest BCUT2D eigenvalue weighted by molar-refractivity contribution is -0.284. The summed E-state index contributed by atoms with van der Waals surface area (Å²) >= 11 is 0. The smallest absolute Gasteiger partial charge is 0.190 e. The van der Waals surface area contributed by atoms with E-state index in [2.05, 4.69) is 0 Å². The molecule has 1 N–H and O–H groups in total. The van der Waals surface area contributed by atoms with E-state index in [1.54, 1.807) is 0 Å². The molecule has 1 unspecified atom stereocenters. The second-order valence-corrected chi connectivity index (χ2v) is 7.96. The molecule has 0 radical (unpaired) electrons. The Morgan fingerprint density at radius 3 is 2.42 bits per heavy atom. The number of rotatable bonds is 5. The van der Waals surface area contributed by atoms with E-state index >= 15 is 0 Å². The van der Waals surface area contributed by atoms with E-state index in [1.165, 1.54) is 0 Å². The summed E-state index contributed by atoms with van der Waals surface area (Å²) in [6.07, 6.45) is 4.43. The summed E-state index contributed by atoms with van der Waals surface area (Å²) in [5.74, 6) is -0.722. The standard InChI is InChI=1S/C21H28O5/c1-4-21(20(22)12-8-9-13-20)17(23-14-15-10-6-5-7-11-15)16-18(26-21)25-19(2,3)24-16/h5-11,16-18,22H,4,12-14H2,1-3H3/t16-,17?,18-,21+/m0/s1. The van der Waals surface area contributed by atoms with Gasteiger partial charge in [-0.25, -0.2) is 0 Å². The lowest BCUT2D eigenvalue weighted by Crippen LogP contribution is -2.61. The molecule has 5 heteroatoms. The van der Waals surface area contributed by atoms with Crippen LogP contribution in [-0.4, -0.2) is 40.6 Å². The Labute approximate surface area is 154 Å². The maximum absolute atomic E-state index is 11.4. The fraction of sp³-hybridized carbons (Fsp3) is 0.619. The summed E-state index contributed by atoms with van der Waals surface area (Å²) in [7, 11) is 0. The molecule has 3 aliphatic rings. The lowest BCUT2D eigenvalue weighted by atomic mass is 9.74. The minimum atomic E-state index is -1.01. The van der Waals surface area contributed by atoms with Gasteiger partial charge in [-0.15, -0.1) is 0 Å². The number of hydrogen-bond acceptors (Lipinski definition) is 5. The van der Waals surface area contributed by atoms with Crippen LogP contribution in [0.25, 0.3) is 0 Å². The first-order chi connectivity index (χ1) is 12.4. The fourth-order valence-corrected chi connectivity index (χ4v) is 4.56. The second-order valence-electron chi connectivity index (χ2n) is 7.96. The van der Waals surface area contributed by atoms with Gasteiger partial charge in [0, 0.05) is 0 Å². The molecular weight excluding hydrogens is 332 g/mol. The van der Waals surface area contributed by atoms with E-state index in [-0.39, 0.29) is 6.10 Å². The zero-order valence-electron chi connectivity index (χ0n) is 15.7. The Kier molecular flexibility index (Phi) is 4.48. The van der Waals surface area contributed by atoms with E-state index in [1.807, 2.05) is 63.3 Å². The molecule has 2 fully saturated rings. The van der Waals surface area contributed by atoms with Gasteiger partial charge >= 0.3 is 0 Å². The average Bonchev–Trinajstić information content (AvgIpc) is 3.26. The summed E-state index contributed by atoms with van der Waals surface area (Å²) in [4.78, 5) is 0. The van der Waals surface area contributed by atoms with E-state index in [0.717, 1.165) is 5.56 Å². The maximum Gasteiger partial charge on any atom is 0.190 e. The van der Waals surface area contributed by atoms with Crippen LogP contribution in [0.3, 0.4) is 0 Å². The predicted octanol–water partition coefficient (Wildman–Crippen LogP) is 3.31. The summed E-state index contributed by atoms with van der Waals surface area (Å²) in [5, 5.41) is 11.4. The van der Waals surface area contributed by atoms with Crippen LogP contribution in [-0.2, 0) is 25.6 Å². The van der Waals surface area contributed by atoms with Crippen LogP contribution in [0.5, 0.6) is 0 Å². The van der Waals surface area contributed by atoms with Crippen molar-refractivity contribution in [1.29, 1.82) is 0 Å². The Bertz CT molecular complexity index is 662. The van der Waals surface area contributed by atoms with Crippen LogP contribution >= 0.6 is 0 Å². The zero-order chi connectivity index (χ0) is 18.4. The number of ether oxygens (including phenoxy) is 4. The second kappa shape index (κ2) is 6.43. The molecule has 0 aromatic heterocycles. The van der Waals surface area contributed by atoms with Gasteiger partial charge in [-0.1, -0.05) is 49.4 Å². The summed E-state index contributed by atoms with van der Waals surface area (Å²) in [5.41, 5.74) is -0.794. The Hall–Kier alpha value is -1.24. The normalized spacial score (nSPS) is 37.2. The number of benzene rings is 1. The number of fused-ring (bicyclic) bond motifs is 1. The molecule has 2 saturated heterocycles. The highest BCUT2D eigenvalue weighted by Crippen LogP contribution is 2.52. The van der Waals surface area contributed by atoms with Crippen LogP contribution < -0.4 is 0 Å². The van der Waals surface area contributed by atoms with Gasteiger partial charge in [0.05, 0.1) is 6.61 Å². The molecule has 1 aromatic rings. The van der Waals surface area contributed by atoms with Gasteiger partial charge in [-0.05, 0) is 38.7 Å². The van der Waals surface area contributed by atoms with Crippen molar-refractivity contribution in [2.45, 2.75) is 82.1 Å². The third-order valence-corrected chi connectivity index (χ3v) is 5.84. The van der Waals surface area contributed by atoms with Crippen molar-refractivity contribution in [3.8, 4) is 0 Å². The highest BCUT2D eigenvalue weighted by molar-refractivity contribution is 5.21. The molecule has 2 heterocycles. The van der Waals surface area contributed by atoms with E-state index in [9.17, 15) is 5.11 Å². The van der Waals surface area contributed by atoms with Gasteiger partial charge in [0.15, 0.2) is 12.1 Å². The molecule has 5 nitrogen and oxygen atoms in total. The number of aliphatic hydroxyl groups is 1. The molecule has 1 aromatic carbocycles. The Balaban J connectivity index is 1.64. The molecule has 1 aliphatic carbocycles. The predicted molar refractivity (Wildman–Crippen MR) is 96.3 cm³/mol. The van der Waals surface area contributed by atoms with E-state index in [4.69, 9.17) is 18.9 Å². The molecule has 4 rings (SSSR count). The molecule has 0 saturated carbocycles. The van der Waals surface area contributed by atoms with Crippen LogP contribution in [0.15, 0.2) is 42.5 Å². The lowest BCUT2D eigenvalue weighted by Gasteiger charge is -2.46. The van der Waals surface area contributed by atoms with Crippen molar-refractivity contribution in [2.24, 2.45) is 0 Å². The molecule has 142 valence electrons. The molecule has 0 bridgehead atoms. The molecule has 2 aliphatic heterocycles. The molecular formula is C21H28O5. The molecule has 0 amide bonds. The van der Waals surface area contributed by atoms with Crippen LogP contribution in [0.1, 0.15) is 45.6 Å². The quantitative estimate of drug-likeness (QED) is 0.817. The first kappa shape index (κ1) is 18.1. The largest absolute Gasteiger partial charge is 0.386 e. The van der Waals surface area contributed by atoms with Crippen molar-refractivity contribution < 1.29 is 24.1 Å². The van der Waals surface area contributed by atoms with Gasteiger partial charge in [-0.3, -0.25) is 0 Å². The first-order valence-electron chi connectivity index (χ1n) is 9.45. The Morgan fingerprint density at radius 1 is 1.08 bits per heavy atom. The van der Waals surface area contributed by atoms with Gasteiger partial charge in [0.2, 0.25) is 0 Å². The average molecular weight is 360 g/mol. The van der Waals surface area contributed by atoms with Gasteiger partial charge < -0.3 is 24.1 Å². The third kappa shape index (κ3) is 2.83. The van der Waals surface area contributed by atoms with Crippen molar-refractivity contribution in [1.82, 2.24) is 0 Å². The first-order valence-corrected chi connectivity index (χ1v) is 9.45. The van der Waals surface area contributed by atoms with Crippen LogP contribution in [0, 0.1) is 0 Å². The van der Waals surface area contributed by atoms with Crippen molar-refractivity contribution >= 4 is 0 Å². The zero-order valence-corrected chi connectivity index (χ0v) is 15.7. The Morgan fingerprint density at radius 2 is 1.77 bits per heavy atom. The minimum absolute atomic E-state index is 0.363. The monoisotopic (exact) mass is 360 g/mol. The summed E-state index contributed by atoms with van der Waals surface area (Å²) in [6, 6.07) is 10.0.